The quantitative estimate of drug-likeness (QED) is 0.804. The molecule has 0 aliphatic carbocycles. The monoisotopic (exact) mass is 227 g/mol. The number of halogens is 2. The Balaban J connectivity index is 1.96. The molecule has 1 aromatic carbocycles. The molecule has 0 radical (unpaired) electrons. The molecule has 0 bridgehead atoms. The van der Waals surface area contributed by atoms with Crippen molar-refractivity contribution in [2.75, 3.05) is 13.1 Å². The van der Waals surface area contributed by atoms with Crippen molar-refractivity contribution in [3.63, 3.8) is 0 Å². The fourth-order valence-electron chi connectivity index (χ4n) is 1.35. The second-order valence-corrected chi connectivity index (χ2v) is 3.67. The summed E-state index contributed by atoms with van der Waals surface area (Å²) in [6.45, 7) is 2.25. The summed E-state index contributed by atoms with van der Waals surface area (Å²) in [5.74, 6) is 0.396. The summed E-state index contributed by atoms with van der Waals surface area (Å²) in [7, 11) is 0. The number of nitrogens with zero attached hydrogens (tertiary/aromatic N) is 1. The van der Waals surface area contributed by atoms with E-state index in [2.05, 4.69) is 15.6 Å². The predicted molar refractivity (Wildman–Crippen MR) is 58.6 cm³/mol. The van der Waals surface area contributed by atoms with Gasteiger partial charge < -0.3 is 10.6 Å². The average Bonchev–Trinajstić information content (AvgIpc) is 2.73. The van der Waals surface area contributed by atoms with Gasteiger partial charge in [-0.2, -0.15) is 0 Å². The minimum atomic E-state index is -0.392. The molecule has 1 heterocycles. The summed E-state index contributed by atoms with van der Waals surface area (Å²) in [4.78, 5) is 4.18. The molecule has 3 nitrogen and oxygen atoms in total. The summed E-state index contributed by atoms with van der Waals surface area (Å²) in [6, 6.07) is 4.67. The Kier molecular flexibility index (Phi) is 3.06. The van der Waals surface area contributed by atoms with Crippen LogP contribution in [0.5, 0.6) is 0 Å². The van der Waals surface area contributed by atoms with Crippen molar-refractivity contribution in [2.24, 2.45) is 4.99 Å². The van der Waals surface area contributed by atoms with E-state index in [-0.39, 0.29) is 5.02 Å². The minimum absolute atomic E-state index is 0.149. The lowest BCUT2D eigenvalue weighted by atomic mass is 10.2. The molecular weight excluding hydrogens is 217 g/mol. The predicted octanol–water partition coefficient (Wildman–Crippen LogP) is 1.53. The van der Waals surface area contributed by atoms with Crippen LogP contribution in [0.2, 0.25) is 5.02 Å². The Hall–Kier alpha value is -1.29. The highest BCUT2D eigenvalue weighted by atomic mass is 35.5. The third kappa shape index (κ3) is 2.59. The number of hydrogen-bond donors (Lipinski definition) is 2. The van der Waals surface area contributed by atoms with Crippen molar-refractivity contribution in [3.05, 3.63) is 34.6 Å². The average molecular weight is 228 g/mol. The van der Waals surface area contributed by atoms with Crippen molar-refractivity contribution in [2.45, 2.75) is 6.54 Å². The van der Waals surface area contributed by atoms with E-state index in [0.717, 1.165) is 24.6 Å². The zero-order valence-corrected chi connectivity index (χ0v) is 8.81. The van der Waals surface area contributed by atoms with Crippen LogP contribution >= 0.6 is 11.6 Å². The molecule has 80 valence electrons. The number of benzene rings is 1. The van der Waals surface area contributed by atoms with E-state index in [9.17, 15) is 4.39 Å². The molecule has 0 saturated heterocycles. The van der Waals surface area contributed by atoms with Crippen LogP contribution in [0.15, 0.2) is 23.2 Å². The molecule has 0 aromatic heterocycles. The number of aliphatic imine (C=N–C) groups is 1. The zero-order valence-electron chi connectivity index (χ0n) is 8.06. The summed E-state index contributed by atoms with van der Waals surface area (Å²) in [5, 5.41) is 6.34. The fraction of sp³-hybridized carbons (Fsp3) is 0.300. The van der Waals surface area contributed by atoms with E-state index in [1.807, 2.05) is 0 Å². The van der Waals surface area contributed by atoms with Gasteiger partial charge in [-0.15, -0.1) is 0 Å². The van der Waals surface area contributed by atoms with Gasteiger partial charge in [-0.25, -0.2) is 4.39 Å². The van der Waals surface area contributed by atoms with Crippen LogP contribution in [0.25, 0.3) is 0 Å². The molecule has 0 amide bonds. The van der Waals surface area contributed by atoms with Gasteiger partial charge in [0, 0.05) is 13.1 Å². The normalized spacial score (nSPS) is 14.7. The van der Waals surface area contributed by atoms with Crippen LogP contribution in [0.3, 0.4) is 0 Å². The highest BCUT2D eigenvalue weighted by Gasteiger charge is 2.05. The Morgan fingerprint density at radius 3 is 3.07 bits per heavy atom. The van der Waals surface area contributed by atoms with E-state index in [1.165, 1.54) is 6.07 Å². The van der Waals surface area contributed by atoms with Gasteiger partial charge in [0.1, 0.15) is 5.82 Å². The van der Waals surface area contributed by atoms with Gasteiger partial charge in [0.25, 0.3) is 0 Å². The van der Waals surface area contributed by atoms with Gasteiger partial charge in [-0.1, -0.05) is 17.7 Å². The topological polar surface area (TPSA) is 36.4 Å². The lowest BCUT2D eigenvalue weighted by Crippen LogP contribution is -2.33. The molecular formula is C10H11ClFN3. The first-order valence-electron chi connectivity index (χ1n) is 4.72. The third-order valence-corrected chi connectivity index (χ3v) is 2.41. The van der Waals surface area contributed by atoms with E-state index < -0.39 is 5.82 Å². The van der Waals surface area contributed by atoms with E-state index in [4.69, 9.17) is 11.6 Å². The van der Waals surface area contributed by atoms with E-state index in [0.29, 0.717) is 6.54 Å². The SMILES string of the molecule is Fc1ccc(CNC2=NCCN2)cc1Cl. The summed E-state index contributed by atoms with van der Waals surface area (Å²) < 4.78 is 12.9. The van der Waals surface area contributed by atoms with Gasteiger partial charge in [-0.05, 0) is 17.7 Å². The maximum absolute atomic E-state index is 12.9. The Labute approximate surface area is 92.3 Å². The van der Waals surface area contributed by atoms with Gasteiger partial charge in [0.05, 0.1) is 11.6 Å². The summed E-state index contributed by atoms with van der Waals surface area (Å²) >= 11 is 5.66. The van der Waals surface area contributed by atoms with Gasteiger partial charge >= 0.3 is 0 Å². The van der Waals surface area contributed by atoms with Gasteiger partial charge in [0.15, 0.2) is 5.96 Å². The first-order valence-corrected chi connectivity index (χ1v) is 5.09. The third-order valence-electron chi connectivity index (χ3n) is 2.12. The lowest BCUT2D eigenvalue weighted by molar-refractivity contribution is 0.627. The Morgan fingerprint density at radius 1 is 1.53 bits per heavy atom. The Morgan fingerprint density at radius 2 is 2.40 bits per heavy atom. The molecule has 0 atom stereocenters. The molecule has 15 heavy (non-hydrogen) atoms. The van der Waals surface area contributed by atoms with Crippen molar-refractivity contribution in [1.29, 1.82) is 0 Å². The largest absolute Gasteiger partial charge is 0.355 e. The number of nitrogens with one attached hydrogen (secondary N) is 2. The van der Waals surface area contributed by atoms with Crippen LogP contribution in [0.4, 0.5) is 4.39 Å². The maximum Gasteiger partial charge on any atom is 0.191 e. The molecule has 0 fully saturated rings. The van der Waals surface area contributed by atoms with Crippen molar-refractivity contribution in [1.82, 2.24) is 10.6 Å². The van der Waals surface area contributed by atoms with Crippen molar-refractivity contribution < 1.29 is 4.39 Å². The van der Waals surface area contributed by atoms with Crippen LogP contribution < -0.4 is 10.6 Å². The molecule has 0 spiro atoms. The smallest absolute Gasteiger partial charge is 0.191 e. The first-order chi connectivity index (χ1) is 7.25. The van der Waals surface area contributed by atoms with E-state index in [1.54, 1.807) is 12.1 Å². The van der Waals surface area contributed by atoms with E-state index >= 15 is 0 Å². The summed E-state index contributed by atoms with van der Waals surface area (Å²) in [6.07, 6.45) is 0. The molecule has 1 aromatic rings. The number of guanidine groups is 1. The molecule has 0 saturated carbocycles. The summed E-state index contributed by atoms with van der Waals surface area (Å²) in [5.41, 5.74) is 0.929. The molecule has 1 aliphatic rings. The van der Waals surface area contributed by atoms with Crippen LogP contribution in [-0.4, -0.2) is 19.0 Å². The Bertz CT molecular complexity index is 392. The number of hydrogen-bond acceptors (Lipinski definition) is 3. The minimum Gasteiger partial charge on any atom is -0.355 e. The zero-order chi connectivity index (χ0) is 10.7. The van der Waals surface area contributed by atoms with Crippen LogP contribution in [0, 0.1) is 5.82 Å². The standard InChI is InChI=1S/C10H11ClFN3/c11-8-5-7(1-2-9(8)12)6-15-10-13-3-4-14-10/h1-2,5H,3-4,6H2,(H2,13,14,15). The van der Waals surface area contributed by atoms with Crippen molar-refractivity contribution in [3.8, 4) is 0 Å². The second kappa shape index (κ2) is 4.49. The second-order valence-electron chi connectivity index (χ2n) is 3.26. The highest BCUT2D eigenvalue weighted by molar-refractivity contribution is 6.30. The molecule has 5 heteroatoms. The van der Waals surface area contributed by atoms with Gasteiger partial charge in [0.2, 0.25) is 0 Å². The van der Waals surface area contributed by atoms with Gasteiger partial charge in [-0.3, -0.25) is 4.99 Å². The first kappa shape index (κ1) is 10.2. The van der Waals surface area contributed by atoms with Crippen LogP contribution in [-0.2, 0) is 6.54 Å². The molecule has 1 aliphatic heterocycles. The maximum atomic E-state index is 12.9. The molecule has 2 rings (SSSR count). The number of rotatable bonds is 2. The fourth-order valence-corrected chi connectivity index (χ4v) is 1.55. The molecule has 0 unspecified atom stereocenters. The highest BCUT2D eigenvalue weighted by Crippen LogP contribution is 2.15. The molecule has 2 N–H and O–H groups in total. The van der Waals surface area contributed by atoms with Crippen LogP contribution in [0.1, 0.15) is 5.56 Å². The lowest BCUT2D eigenvalue weighted by Gasteiger charge is -2.06. The van der Waals surface area contributed by atoms with Crippen molar-refractivity contribution >= 4 is 17.6 Å².